The van der Waals surface area contributed by atoms with Gasteiger partial charge < -0.3 is 9.47 Å². The number of ether oxygens (including phenoxy) is 2. The van der Waals surface area contributed by atoms with Crippen molar-refractivity contribution in [1.29, 1.82) is 0 Å². The smallest absolute Gasteiger partial charge is 0.412 e. The number of cyclic esters (lactones) is 1. The van der Waals surface area contributed by atoms with Gasteiger partial charge in [0.15, 0.2) is 6.73 Å². The first-order valence-corrected chi connectivity index (χ1v) is 5.28. The van der Waals surface area contributed by atoms with Crippen molar-refractivity contribution in [1.82, 2.24) is 4.90 Å². The molecule has 0 aliphatic carbocycles. The van der Waals surface area contributed by atoms with E-state index in [2.05, 4.69) is 6.07 Å². The molecule has 1 aliphatic rings. The van der Waals surface area contributed by atoms with E-state index in [4.69, 9.17) is 9.47 Å². The second kappa shape index (κ2) is 4.43. The van der Waals surface area contributed by atoms with Crippen LogP contribution < -0.4 is 4.74 Å². The largest absolute Gasteiger partial charge is 0.473 e. The molecule has 1 saturated heterocycles. The van der Waals surface area contributed by atoms with E-state index in [9.17, 15) is 4.79 Å². The molecule has 1 aromatic carbocycles. The molecular weight excluding hydrogens is 206 g/mol. The number of nitrogens with zero attached hydrogens (tertiary/aromatic N) is 1. The molecule has 4 heteroatoms. The van der Waals surface area contributed by atoms with E-state index in [1.807, 2.05) is 26.0 Å². The lowest BCUT2D eigenvalue weighted by molar-refractivity contribution is 0.128. The second-order valence-electron chi connectivity index (χ2n) is 3.97. The summed E-state index contributed by atoms with van der Waals surface area (Å²) in [6, 6.07) is 5.99. The summed E-state index contributed by atoms with van der Waals surface area (Å²) in [4.78, 5) is 12.7. The summed E-state index contributed by atoms with van der Waals surface area (Å²) in [5.74, 6) is 0.789. The van der Waals surface area contributed by atoms with Crippen LogP contribution in [0.1, 0.15) is 11.1 Å². The van der Waals surface area contributed by atoms with Gasteiger partial charge in [0.2, 0.25) is 0 Å². The van der Waals surface area contributed by atoms with Crippen LogP contribution in [0, 0.1) is 13.8 Å². The Labute approximate surface area is 94.8 Å². The molecule has 0 unspecified atom stereocenters. The Hall–Kier alpha value is -1.71. The average molecular weight is 221 g/mol. The minimum absolute atomic E-state index is 0.252. The van der Waals surface area contributed by atoms with Gasteiger partial charge in [0, 0.05) is 0 Å². The van der Waals surface area contributed by atoms with Crippen molar-refractivity contribution in [2.45, 2.75) is 13.8 Å². The molecule has 0 spiro atoms. The lowest BCUT2D eigenvalue weighted by Crippen LogP contribution is -2.28. The fraction of sp³-hybridized carbons (Fsp3) is 0.417. The Morgan fingerprint density at radius 1 is 1.31 bits per heavy atom. The highest BCUT2D eigenvalue weighted by molar-refractivity contribution is 5.69. The summed E-state index contributed by atoms with van der Waals surface area (Å²) in [5.41, 5.74) is 2.30. The van der Waals surface area contributed by atoms with Crippen LogP contribution >= 0.6 is 0 Å². The Balaban J connectivity index is 1.96. The molecule has 1 amide bonds. The van der Waals surface area contributed by atoms with Crippen molar-refractivity contribution >= 4 is 6.09 Å². The fourth-order valence-electron chi connectivity index (χ4n) is 1.71. The Bertz CT molecular complexity index is 383. The van der Waals surface area contributed by atoms with E-state index >= 15 is 0 Å². The van der Waals surface area contributed by atoms with Crippen molar-refractivity contribution in [2.24, 2.45) is 0 Å². The van der Waals surface area contributed by atoms with Crippen molar-refractivity contribution in [3.05, 3.63) is 29.3 Å². The average Bonchev–Trinajstić information content (AvgIpc) is 2.59. The van der Waals surface area contributed by atoms with Gasteiger partial charge in [0.1, 0.15) is 12.4 Å². The highest BCUT2D eigenvalue weighted by Gasteiger charge is 2.21. The number of hydrogen-bond acceptors (Lipinski definition) is 3. The summed E-state index contributed by atoms with van der Waals surface area (Å²) in [5, 5.41) is 0. The topological polar surface area (TPSA) is 38.8 Å². The lowest BCUT2D eigenvalue weighted by atomic mass is 10.1. The number of carbonyl (C=O) groups is 1. The third-order valence-electron chi connectivity index (χ3n) is 2.43. The molecule has 86 valence electrons. The van der Waals surface area contributed by atoms with E-state index in [-0.39, 0.29) is 12.8 Å². The van der Waals surface area contributed by atoms with Gasteiger partial charge in [-0.3, -0.25) is 4.90 Å². The Morgan fingerprint density at radius 3 is 2.56 bits per heavy atom. The molecule has 1 aromatic rings. The van der Waals surface area contributed by atoms with E-state index in [1.165, 1.54) is 4.90 Å². The predicted molar refractivity (Wildman–Crippen MR) is 59.5 cm³/mol. The van der Waals surface area contributed by atoms with Gasteiger partial charge in [0.05, 0.1) is 6.54 Å². The summed E-state index contributed by atoms with van der Waals surface area (Å²) < 4.78 is 10.4. The molecule has 1 aliphatic heterocycles. The zero-order valence-corrected chi connectivity index (χ0v) is 9.53. The third kappa shape index (κ3) is 2.45. The van der Waals surface area contributed by atoms with E-state index in [0.717, 1.165) is 16.9 Å². The summed E-state index contributed by atoms with van der Waals surface area (Å²) >= 11 is 0. The normalized spacial score (nSPS) is 15.1. The molecule has 1 fully saturated rings. The van der Waals surface area contributed by atoms with Crippen LogP contribution in [0.3, 0.4) is 0 Å². The maximum Gasteiger partial charge on any atom is 0.412 e. The molecular formula is C12H15NO3. The molecule has 0 aromatic heterocycles. The van der Waals surface area contributed by atoms with Crippen LogP contribution in [0.25, 0.3) is 0 Å². The predicted octanol–water partition coefficient (Wildman–Crippen LogP) is 2.09. The molecule has 0 radical (unpaired) electrons. The highest BCUT2D eigenvalue weighted by Crippen LogP contribution is 2.17. The number of carbonyl (C=O) groups excluding carboxylic acids is 1. The number of rotatable bonds is 3. The molecule has 0 atom stereocenters. The third-order valence-corrected chi connectivity index (χ3v) is 2.43. The van der Waals surface area contributed by atoms with Crippen LogP contribution in [-0.4, -0.2) is 30.9 Å². The Kier molecular flexibility index (Phi) is 2.99. The number of benzene rings is 1. The first kappa shape index (κ1) is 10.8. The van der Waals surface area contributed by atoms with E-state index < -0.39 is 0 Å². The molecule has 0 bridgehead atoms. The van der Waals surface area contributed by atoms with Crippen LogP contribution in [-0.2, 0) is 4.74 Å². The van der Waals surface area contributed by atoms with Crippen LogP contribution in [0.2, 0.25) is 0 Å². The molecule has 0 saturated carbocycles. The maximum absolute atomic E-state index is 11.2. The van der Waals surface area contributed by atoms with Gasteiger partial charge in [-0.1, -0.05) is 6.07 Å². The molecule has 2 rings (SSSR count). The van der Waals surface area contributed by atoms with Gasteiger partial charge in [-0.15, -0.1) is 0 Å². The van der Waals surface area contributed by atoms with Gasteiger partial charge in [-0.05, 0) is 37.1 Å². The van der Waals surface area contributed by atoms with Gasteiger partial charge in [-0.2, -0.15) is 0 Å². The minimum Gasteiger partial charge on any atom is -0.473 e. The van der Waals surface area contributed by atoms with Crippen molar-refractivity contribution < 1.29 is 14.3 Å². The SMILES string of the molecule is Cc1cc(C)cc(OCN2CCOC2=O)c1. The fourth-order valence-corrected chi connectivity index (χ4v) is 1.71. The van der Waals surface area contributed by atoms with E-state index in [1.54, 1.807) is 0 Å². The highest BCUT2D eigenvalue weighted by atomic mass is 16.6. The van der Waals surface area contributed by atoms with Crippen molar-refractivity contribution in [3.63, 3.8) is 0 Å². The Morgan fingerprint density at radius 2 is 2.00 bits per heavy atom. The second-order valence-corrected chi connectivity index (χ2v) is 3.97. The summed E-state index contributed by atoms with van der Waals surface area (Å²) in [7, 11) is 0. The van der Waals surface area contributed by atoms with Crippen LogP contribution in [0.4, 0.5) is 4.79 Å². The van der Waals surface area contributed by atoms with E-state index in [0.29, 0.717) is 13.2 Å². The van der Waals surface area contributed by atoms with Gasteiger partial charge in [-0.25, -0.2) is 4.79 Å². The lowest BCUT2D eigenvalue weighted by Gasteiger charge is -2.14. The molecule has 4 nitrogen and oxygen atoms in total. The quantitative estimate of drug-likeness (QED) is 0.784. The number of aryl methyl sites for hydroxylation is 2. The number of hydrogen-bond donors (Lipinski definition) is 0. The van der Waals surface area contributed by atoms with Crippen molar-refractivity contribution in [2.75, 3.05) is 19.9 Å². The van der Waals surface area contributed by atoms with Crippen LogP contribution in [0.15, 0.2) is 18.2 Å². The van der Waals surface area contributed by atoms with Crippen LogP contribution in [0.5, 0.6) is 5.75 Å². The molecule has 16 heavy (non-hydrogen) atoms. The summed E-state index contributed by atoms with van der Waals surface area (Å²) in [6.07, 6.45) is -0.302. The molecule has 1 heterocycles. The first-order valence-electron chi connectivity index (χ1n) is 5.28. The first-order chi connectivity index (χ1) is 7.65. The van der Waals surface area contributed by atoms with Crippen molar-refractivity contribution in [3.8, 4) is 5.75 Å². The monoisotopic (exact) mass is 221 g/mol. The van der Waals surface area contributed by atoms with Gasteiger partial charge >= 0.3 is 6.09 Å². The maximum atomic E-state index is 11.2. The number of amides is 1. The standard InChI is InChI=1S/C12H15NO3/c1-9-5-10(2)7-11(6-9)16-8-13-3-4-15-12(13)14/h5-7H,3-4,8H2,1-2H3. The summed E-state index contributed by atoms with van der Waals surface area (Å²) in [6.45, 7) is 5.34. The molecule has 0 N–H and O–H groups in total. The zero-order chi connectivity index (χ0) is 11.5. The van der Waals surface area contributed by atoms with Gasteiger partial charge in [0.25, 0.3) is 0 Å². The minimum atomic E-state index is -0.302. The zero-order valence-electron chi connectivity index (χ0n) is 9.53.